The van der Waals surface area contributed by atoms with Gasteiger partial charge in [-0.2, -0.15) is 0 Å². The molecule has 4 rings (SSSR count). The van der Waals surface area contributed by atoms with E-state index in [0.717, 1.165) is 34.5 Å². The van der Waals surface area contributed by atoms with Crippen LogP contribution in [-0.2, 0) is 12.8 Å². The van der Waals surface area contributed by atoms with Gasteiger partial charge in [-0.05, 0) is 62.3 Å². The Morgan fingerprint density at radius 3 is 2.91 bits per heavy atom. The predicted octanol–water partition coefficient (Wildman–Crippen LogP) is 5.18. The Labute approximate surface area is 140 Å². The average molecular weight is 323 g/mol. The molecule has 2 heterocycles. The molecule has 3 nitrogen and oxygen atoms in total. The summed E-state index contributed by atoms with van der Waals surface area (Å²) in [5.74, 6) is 2.57. The third-order valence-electron chi connectivity index (χ3n) is 4.55. The van der Waals surface area contributed by atoms with Crippen LogP contribution in [0.1, 0.15) is 35.2 Å². The van der Waals surface area contributed by atoms with E-state index in [1.54, 1.807) is 0 Å². The standard InChI is InChI=1S/C19H21N3S/c1-11-5-4-6-14(9-11)22-18-17-15-8-7-12(2)10-16(15)23-19(17)21-13(3)20-18/h4-6,9,12H,7-8,10H2,1-3H3,(H,20,21,22)/t12-/m1/s1. The van der Waals surface area contributed by atoms with E-state index in [9.17, 15) is 0 Å². The van der Waals surface area contributed by atoms with Crippen LogP contribution < -0.4 is 5.32 Å². The summed E-state index contributed by atoms with van der Waals surface area (Å²) < 4.78 is 0. The van der Waals surface area contributed by atoms with Gasteiger partial charge in [0.2, 0.25) is 0 Å². The Balaban J connectivity index is 1.85. The molecule has 23 heavy (non-hydrogen) atoms. The Kier molecular flexibility index (Phi) is 3.57. The van der Waals surface area contributed by atoms with Crippen LogP contribution in [0.25, 0.3) is 10.2 Å². The summed E-state index contributed by atoms with van der Waals surface area (Å²) in [7, 11) is 0. The largest absolute Gasteiger partial charge is 0.340 e. The van der Waals surface area contributed by atoms with Crippen molar-refractivity contribution in [1.82, 2.24) is 9.97 Å². The van der Waals surface area contributed by atoms with Gasteiger partial charge in [-0.3, -0.25) is 0 Å². The summed E-state index contributed by atoms with van der Waals surface area (Å²) in [5, 5.41) is 4.77. The van der Waals surface area contributed by atoms with Crippen molar-refractivity contribution >= 4 is 33.1 Å². The molecule has 118 valence electrons. The summed E-state index contributed by atoms with van der Waals surface area (Å²) in [6, 6.07) is 8.44. The maximum Gasteiger partial charge on any atom is 0.143 e. The lowest BCUT2D eigenvalue weighted by molar-refractivity contribution is 0.509. The number of nitrogens with zero attached hydrogens (tertiary/aromatic N) is 2. The minimum atomic E-state index is 0.776. The van der Waals surface area contributed by atoms with E-state index in [1.807, 2.05) is 18.3 Å². The molecule has 0 bridgehead atoms. The van der Waals surface area contributed by atoms with Crippen LogP contribution in [0.2, 0.25) is 0 Å². The number of rotatable bonds is 2. The van der Waals surface area contributed by atoms with Crippen molar-refractivity contribution in [3.63, 3.8) is 0 Å². The molecule has 0 saturated carbocycles. The number of anilines is 2. The summed E-state index contributed by atoms with van der Waals surface area (Å²) in [6.07, 6.45) is 3.58. The van der Waals surface area contributed by atoms with Gasteiger partial charge in [-0.25, -0.2) is 9.97 Å². The molecule has 1 aromatic carbocycles. The van der Waals surface area contributed by atoms with E-state index in [4.69, 9.17) is 9.97 Å². The number of thiophene rings is 1. The molecular weight excluding hydrogens is 302 g/mol. The SMILES string of the molecule is Cc1cccc(Nc2nc(C)nc3sc4c(c23)CC[C@@H](C)C4)c1. The molecule has 0 aliphatic heterocycles. The van der Waals surface area contributed by atoms with Crippen LogP contribution in [-0.4, -0.2) is 9.97 Å². The van der Waals surface area contributed by atoms with Gasteiger partial charge in [-0.15, -0.1) is 11.3 Å². The number of nitrogens with one attached hydrogen (secondary N) is 1. The number of hydrogen-bond donors (Lipinski definition) is 1. The van der Waals surface area contributed by atoms with E-state index in [-0.39, 0.29) is 0 Å². The Hall–Kier alpha value is -1.94. The fourth-order valence-corrected chi connectivity index (χ4v) is 4.83. The lowest BCUT2D eigenvalue weighted by Gasteiger charge is -2.18. The molecule has 0 saturated heterocycles. The zero-order chi connectivity index (χ0) is 16.0. The van der Waals surface area contributed by atoms with Crippen LogP contribution >= 0.6 is 11.3 Å². The molecule has 0 radical (unpaired) electrons. The first-order chi connectivity index (χ1) is 11.1. The van der Waals surface area contributed by atoms with Crippen LogP contribution in [0.3, 0.4) is 0 Å². The number of hydrogen-bond acceptors (Lipinski definition) is 4. The third kappa shape index (κ3) is 2.72. The lowest BCUT2D eigenvalue weighted by Crippen LogP contribution is -2.09. The molecule has 0 unspecified atom stereocenters. The molecule has 1 N–H and O–H groups in total. The van der Waals surface area contributed by atoms with Crippen molar-refractivity contribution in [3.05, 3.63) is 46.1 Å². The van der Waals surface area contributed by atoms with Gasteiger partial charge in [0, 0.05) is 10.6 Å². The fraction of sp³-hybridized carbons (Fsp3) is 0.368. The second-order valence-corrected chi connectivity index (χ2v) is 7.73. The summed E-state index contributed by atoms with van der Waals surface area (Å²) in [5.41, 5.74) is 3.81. The first-order valence-electron chi connectivity index (χ1n) is 8.22. The van der Waals surface area contributed by atoms with Gasteiger partial charge < -0.3 is 5.32 Å². The minimum Gasteiger partial charge on any atom is -0.340 e. The van der Waals surface area contributed by atoms with E-state index >= 15 is 0 Å². The van der Waals surface area contributed by atoms with Gasteiger partial charge in [0.25, 0.3) is 0 Å². The molecule has 1 atom stereocenters. The van der Waals surface area contributed by atoms with Crippen LogP contribution in [0.5, 0.6) is 0 Å². The highest BCUT2D eigenvalue weighted by atomic mass is 32.1. The predicted molar refractivity (Wildman–Crippen MR) is 97.8 cm³/mol. The lowest BCUT2D eigenvalue weighted by atomic mass is 9.89. The van der Waals surface area contributed by atoms with E-state index in [0.29, 0.717) is 0 Å². The Morgan fingerprint density at radius 2 is 2.09 bits per heavy atom. The van der Waals surface area contributed by atoms with Gasteiger partial charge >= 0.3 is 0 Å². The number of aromatic nitrogens is 2. The van der Waals surface area contributed by atoms with E-state index in [1.165, 1.54) is 34.2 Å². The van der Waals surface area contributed by atoms with Crippen molar-refractivity contribution in [3.8, 4) is 0 Å². The Bertz CT molecular complexity index is 882. The number of aryl methyl sites for hydroxylation is 3. The first kappa shape index (κ1) is 14.6. The molecule has 0 amide bonds. The van der Waals surface area contributed by atoms with Gasteiger partial charge in [0.05, 0.1) is 5.39 Å². The summed E-state index contributed by atoms with van der Waals surface area (Å²) >= 11 is 1.85. The van der Waals surface area contributed by atoms with Crippen LogP contribution in [0.4, 0.5) is 11.5 Å². The summed E-state index contributed by atoms with van der Waals surface area (Å²) in [6.45, 7) is 6.43. The molecule has 0 fully saturated rings. The molecule has 3 aromatic rings. The van der Waals surface area contributed by atoms with Crippen LogP contribution in [0, 0.1) is 19.8 Å². The topological polar surface area (TPSA) is 37.8 Å². The smallest absolute Gasteiger partial charge is 0.143 e. The van der Waals surface area contributed by atoms with E-state index in [2.05, 4.69) is 43.4 Å². The third-order valence-corrected chi connectivity index (χ3v) is 5.70. The molecular formula is C19H21N3S. The van der Waals surface area contributed by atoms with Crippen molar-refractivity contribution in [2.24, 2.45) is 5.92 Å². The van der Waals surface area contributed by atoms with Crippen molar-refractivity contribution in [2.75, 3.05) is 5.32 Å². The van der Waals surface area contributed by atoms with Gasteiger partial charge in [-0.1, -0.05) is 19.1 Å². The Morgan fingerprint density at radius 1 is 1.22 bits per heavy atom. The first-order valence-corrected chi connectivity index (χ1v) is 9.04. The van der Waals surface area contributed by atoms with Crippen molar-refractivity contribution in [1.29, 1.82) is 0 Å². The quantitative estimate of drug-likeness (QED) is 0.706. The summed E-state index contributed by atoms with van der Waals surface area (Å²) in [4.78, 5) is 12.0. The second kappa shape index (κ2) is 5.60. The minimum absolute atomic E-state index is 0.776. The van der Waals surface area contributed by atoms with Crippen molar-refractivity contribution < 1.29 is 0 Å². The second-order valence-electron chi connectivity index (χ2n) is 6.65. The van der Waals surface area contributed by atoms with Crippen LogP contribution in [0.15, 0.2) is 24.3 Å². The van der Waals surface area contributed by atoms with Gasteiger partial charge in [0.1, 0.15) is 16.5 Å². The monoisotopic (exact) mass is 323 g/mol. The molecule has 1 aliphatic rings. The molecule has 2 aromatic heterocycles. The van der Waals surface area contributed by atoms with Gasteiger partial charge in [0.15, 0.2) is 0 Å². The molecule has 0 spiro atoms. The molecule has 1 aliphatic carbocycles. The normalized spacial score (nSPS) is 17.3. The molecule has 4 heteroatoms. The maximum absolute atomic E-state index is 4.71. The highest BCUT2D eigenvalue weighted by Gasteiger charge is 2.23. The zero-order valence-corrected chi connectivity index (χ0v) is 14.6. The maximum atomic E-state index is 4.71. The highest BCUT2D eigenvalue weighted by molar-refractivity contribution is 7.19. The number of fused-ring (bicyclic) bond motifs is 3. The number of benzene rings is 1. The fourth-order valence-electron chi connectivity index (χ4n) is 3.40. The zero-order valence-electron chi connectivity index (χ0n) is 13.8. The average Bonchev–Trinajstić information content (AvgIpc) is 2.84. The highest BCUT2D eigenvalue weighted by Crippen LogP contribution is 2.40. The van der Waals surface area contributed by atoms with Crippen molar-refractivity contribution in [2.45, 2.75) is 40.0 Å². The van der Waals surface area contributed by atoms with E-state index < -0.39 is 0 Å².